The molecule has 2 rings (SSSR count). The molecule has 2 aromatic rings. The van der Waals surface area contributed by atoms with Crippen molar-refractivity contribution in [1.29, 1.82) is 0 Å². The van der Waals surface area contributed by atoms with Gasteiger partial charge in [-0.25, -0.2) is 0 Å². The first-order valence-electron chi connectivity index (χ1n) is 6.52. The second-order valence-electron chi connectivity index (χ2n) is 4.61. The average Bonchev–Trinajstić information content (AvgIpc) is 2.87. The molecule has 2 aromatic heterocycles. The fourth-order valence-electron chi connectivity index (χ4n) is 1.87. The van der Waals surface area contributed by atoms with Crippen LogP contribution in [0.2, 0.25) is 0 Å². The van der Waals surface area contributed by atoms with Gasteiger partial charge in [-0.1, -0.05) is 17.9 Å². The van der Waals surface area contributed by atoms with Gasteiger partial charge in [0.25, 0.3) is 0 Å². The van der Waals surface area contributed by atoms with Gasteiger partial charge in [0.15, 0.2) is 0 Å². The molecule has 0 aromatic carbocycles. The van der Waals surface area contributed by atoms with Crippen molar-refractivity contribution in [2.24, 2.45) is 0 Å². The molecule has 20 heavy (non-hydrogen) atoms. The van der Waals surface area contributed by atoms with E-state index in [2.05, 4.69) is 46.3 Å². The van der Waals surface area contributed by atoms with E-state index in [-0.39, 0.29) is 6.61 Å². The molecule has 0 spiro atoms. The van der Waals surface area contributed by atoms with Crippen LogP contribution in [0.3, 0.4) is 0 Å². The summed E-state index contributed by atoms with van der Waals surface area (Å²) in [6.45, 7) is 1.91. The van der Waals surface area contributed by atoms with Gasteiger partial charge in [-0.3, -0.25) is 9.88 Å². The molecule has 3 nitrogen and oxygen atoms in total. The van der Waals surface area contributed by atoms with E-state index in [4.69, 9.17) is 5.11 Å². The first-order chi connectivity index (χ1) is 9.78. The van der Waals surface area contributed by atoms with E-state index in [0.717, 1.165) is 18.7 Å². The van der Waals surface area contributed by atoms with E-state index in [9.17, 15) is 0 Å². The molecule has 0 saturated carbocycles. The summed E-state index contributed by atoms with van der Waals surface area (Å²) in [5.74, 6) is 6.00. The lowest BCUT2D eigenvalue weighted by Crippen LogP contribution is -2.16. The molecule has 0 saturated heterocycles. The zero-order valence-corrected chi connectivity index (χ0v) is 12.4. The summed E-state index contributed by atoms with van der Waals surface area (Å²) < 4.78 is 0. The molecule has 0 aliphatic rings. The minimum Gasteiger partial charge on any atom is -0.395 e. The third-order valence-corrected chi connectivity index (χ3v) is 3.65. The topological polar surface area (TPSA) is 36.4 Å². The molecule has 0 aliphatic carbocycles. The average molecular weight is 286 g/mol. The maximum Gasteiger partial charge on any atom is 0.0540 e. The second kappa shape index (κ2) is 7.81. The van der Waals surface area contributed by atoms with E-state index < -0.39 is 0 Å². The van der Waals surface area contributed by atoms with Crippen molar-refractivity contribution in [3.05, 3.63) is 52.0 Å². The maximum absolute atomic E-state index is 8.70. The molecule has 0 radical (unpaired) electrons. The molecule has 0 fully saturated rings. The van der Waals surface area contributed by atoms with Crippen LogP contribution in [0.25, 0.3) is 0 Å². The minimum absolute atomic E-state index is 0.123. The van der Waals surface area contributed by atoms with Crippen molar-refractivity contribution in [2.45, 2.75) is 19.5 Å². The summed E-state index contributed by atoms with van der Waals surface area (Å²) in [6, 6.07) is 6.17. The Balaban J connectivity index is 1.89. The number of thiophene rings is 1. The molecule has 1 N–H and O–H groups in total. The first kappa shape index (κ1) is 14.7. The zero-order chi connectivity index (χ0) is 14.2. The third-order valence-electron chi connectivity index (χ3n) is 2.72. The van der Waals surface area contributed by atoms with E-state index >= 15 is 0 Å². The number of hydrogen-bond acceptors (Lipinski definition) is 4. The van der Waals surface area contributed by atoms with Gasteiger partial charge in [-0.15, -0.1) is 11.3 Å². The van der Waals surface area contributed by atoms with Crippen molar-refractivity contribution in [2.75, 3.05) is 13.7 Å². The molecule has 0 aliphatic heterocycles. The van der Waals surface area contributed by atoms with Gasteiger partial charge in [0.1, 0.15) is 0 Å². The SMILES string of the molecule is CN(Cc1cccnc1)Cc1cc(C#CCCO)cs1. The van der Waals surface area contributed by atoms with Crippen LogP contribution in [0.1, 0.15) is 22.4 Å². The van der Waals surface area contributed by atoms with Crippen molar-refractivity contribution < 1.29 is 5.11 Å². The largest absolute Gasteiger partial charge is 0.395 e. The quantitative estimate of drug-likeness (QED) is 0.858. The fraction of sp³-hybridized carbons (Fsp3) is 0.312. The Morgan fingerprint density at radius 3 is 3.05 bits per heavy atom. The standard InChI is InChI=1S/C16H18N2OS/c1-18(11-15-6-4-7-17-10-15)12-16-9-14(13-20-16)5-2-3-8-19/h4,6-7,9-10,13,19H,3,8,11-12H2,1H3. The summed E-state index contributed by atoms with van der Waals surface area (Å²) in [7, 11) is 2.10. The molecule has 0 amide bonds. The molecule has 0 atom stereocenters. The number of aromatic nitrogens is 1. The normalized spacial score (nSPS) is 10.3. The number of hydrogen-bond donors (Lipinski definition) is 1. The Labute approximate surface area is 123 Å². The van der Waals surface area contributed by atoms with Crippen LogP contribution >= 0.6 is 11.3 Å². The molecular weight excluding hydrogens is 268 g/mol. The summed E-state index contributed by atoms with van der Waals surface area (Å²) in [5.41, 5.74) is 2.25. The summed E-state index contributed by atoms with van der Waals surface area (Å²) in [6.07, 6.45) is 4.23. The lowest BCUT2D eigenvalue weighted by Gasteiger charge is -2.15. The third kappa shape index (κ3) is 4.78. The second-order valence-corrected chi connectivity index (χ2v) is 5.61. The molecule has 104 valence electrons. The molecule has 4 heteroatoms. The lowest BCUT2D eigenvalue weighted by molar-refractivity contribution is 0.305. The van der Waals surface area contributed by atoms with Crippen molar-refractivity contribution >= 4 is 11.3 Å². The van der Waals surface area contributed by atoms with E-state index in [1.54, 1.807) is 17.5 Å². The lowest BCUT2D eigenvalue weighted by atomic mass is 10.2. The van der Waals surface area contributed by atoms with Gasteiger partial charge in [0.05, 0.1) is 6.61 Å². The number of nitrogens with zero attached hydrogens (tertiary/aromatic N) is 2. The monoisotopic (exact) mass is 286 g/mol. The summed E-state index contributed by atoms with van der Waals surface area (Å²) in [4.78, 5) is 7.68. The van der Waals surface area contributed by atoms with Gasteiger partial charge < -0.3 is 5.11 Å². The number of rotatable bonds is 5. The smallest absolute Gasteiger partial charge is 0.0540 e. The van der Waals surface area contributed by atoms with Gasteiger partial charge >= 0.3 is 0 Å². The van der Waals surface area contributed by atoms with Crippen LogP contribution < -0.4 is 0 Å². The van der Waals surface area contributed by atoms with Gasteiger partial charge in [0.2, 0.25) is 0 Å². The van der Waals surface area contributed by atoms with Crippen LogP contribution in [0, 0.1) is 11.8 Å². The number of aliphatic hydroxyl groups excluding tert-OH is 1. The van der Waals surface area contributed by atoms with Gasteiger partial charge in [-0.05, 0) is 24.7 Å². The zero-order valence-electron chi connectivity index (χ0n) is 11.5. The van der Waals surface area contributed by atoms with Crippen LogP contribution in [-0.2, 0) is 13.1 Å². The predicted octanol–water partition coefficient (Wildman–Crippen LogP) is 2.51. The van der Waals surface area contributed by atoms with Gasteiger partial charge in [0, 0.05) is 47.7 Å². The van der Waals surface area contributed by atoms with E-state index in [1.807, 2.05) is 12.3 Å². The predicted molar refractivity (Wildman–Crippen MR) is 82.3 cm³/mol. The summed E-state index contributed by atoms with van der Waals surface area (Å²) >= 11 is 1.72. The number of pyridine rings is 1. The highest BCUT2D eigenvalue weighted by atomic mass is 32.1. The number of aliphatic hydroxyl groups is 1. The Kier molecular flexibility index (Phi) is 5.75. The highest BCUT2D eigenvalue weighted by molar-refractivity contribution is 7.10. The highest BCUT2D eigenvalue weighted by Crippen LogP contribution is 2.16. The maximum atomic E-state index is 8.70. The van der Waals surface area contributed by atoms with Crippen LogP contribution in [0.15, 0.2) is 36.0 Å². The Morgan fingerprint density at radius 2 is 2.30 bits per heavy atom. The molecule has 0 unspecified atom stereocenters. The Bertz CT molecular complexity index is 583. The molecule has 0 bridgehead atoms. The Hall–Kier alpha value is -1.67. The fourth-order valence-corrected chi connectivity index (χ4v) is 2.77. The van der Waals surface area contributed by atoms with Crippen molar-refractivity contribution in [3.63, 3.8) is 0 Å². The van der Waals surface area contributed by atoms with Crippen LogP contribution in [-0.4, -0.2) is 28.6 Å². The summed E-state index contributed by atoms with van der Waals surface area (Å²) in [5, 5.41) is 10.8. The van der Waals surface area contributed by atoms with Crippen molar-refractivity contribution in [1.82, 2.24) is 9.88 Å². The van der Waals surface area contributed by atoms with E-state index in [0.29, 0.717) is 6.42 Å². The van der Waals surface area contributed by atoms with E-state index in [1.165, 1.54) is 10.4 Å². The minimum atomic E-state index is 0.123. The van der Waals surface area contributed by atoms with Gasteiger partial charge in [-0.2, -0.15) is 0 Å². The van der Waals surface area contributed by atoms with Crippen LogP contribution in [0.5, 0.6) is 0 Å². The van der Waals surface area contributed by atoms with Crippen molar-refractivity contribution in [3.8, 4) is 11.8 Å². The molecular formula is C16H18N2OS. The first-order valence-corrected chi connectivity index (χ1v) is 7.40. The Morgan fingerprint density at radius 1 is 1.40 bits per heavy atom. The van der Waals surface area contributed by atoms with Crippen LogP contribution in [0.4, 0.5) is 0 Å². The molecule has 2 heterocycles. The highest BCUT2D eigenvalue weighted by Gasteiger charge is 2.04.